The normalized spacial score (nSPS) is 15.8. The van der Waals surface area contributed by atoms with Crippen molar-refractivity contribution in [3.63, 3.8) is 0 Å². The van der Waals surface area contributed by atoms with E-state index in [1.165, 1.54) is 5.57 Å². The van der Waals surface area contributed by atoms with Crippen LogP contribution < -0.4 is 0 Å². The lowest BCUT2D eigenvalue weighted by Crippen LogP contribution is -2.21. The highest BCUT2D eigenvalue weighted by Crippen LogP contribution is 2.24. The smallest absolute Gasteiger partial charge is 0.0771 e. The SMILES string of the molecule is C=C(I)N1C=CN=C(C)C1=C(C)C. The molecule has 13 heavy (non-hydrogen) atoms. The fourth-order valence-corrected chi connectivity index (χ4v) is 1.73. The van der Waals surface area contributed by atoms with Crippen molar-refractivity contribution in [1.82, 2.24) is 4.90 Å². The zero-order valence-corrected chi connectivity index (χ0v) is 10.3. The lowest BCUT2D eigenvalue weighted by Gasteiger charge is -2.26. The summed E-state index contributed by atoms with van der Waals surface area (Å²) in [5.41, 5.74) is 3.45. The Balaban J connectivity index is 3.15. The van der Waals surface area contributed by atoms with Crippen molar-refractivity contribution in [2.24, 2.45) is 4.99 Å². The first-order valence-electron chi connectivity index (χ1n) is 4.06. The minimum Gasteiger partial charge on any atom is -0.309 e. The molecule has 0 atom stereocenters. The van der Waals surface area contributed by atoms with Crippen LogP contribution in [0.1, 0.15) is 20.8 Å². The van der Waals surface area contributed by atoms with Crippen LogP contribution in [0, 0.1) is 0 Å². The first-order chi connectivity index (χ1) is 6.04. The van der Waals surface area contributed by atoms with E-state index in [9.17, 15) is 0 Å². The highest BCUT2D eigenvalue weighted by molar-refractivity contribution is 14.1. The van der Waals surface area contributed by atoms with Gasteiger partial charge >= 0.3 is 0 Å². The van der Waals surface area contributed by atoms with Gasteiger partial charge < -0.3 is 4.90 Å². The highest BCUT2D eigenvalue weighted by Gasteiger charge is 2.15. The second-order valence-electron chi connectivity index (χ2n) is 3.11. The Kier molecular flexibility index (Phi) is 3.30. The van der Waals surface area contributed by atoms with E-state index >= 15 is 0 Å². The Labute approximate surface area is 92.9 Å². The van der Waals surface area contributed by atoms with Crippen molar-refractivity contribution in [2.75, 3.05) is 0 Å². The van der Waals surface area contributed by atoms with Crippen molar-refractivity contribution < 1.29 is 0 Å². The molecule has 3 heteroatoms. The van der Waals surface area contributed by atoms with E-state index < -0.39 is 0 Å². The van der Waals surface area contributed by atoms with Gasteiger partial charge in [-0.15, -0.1) is 0 Å². The topological polar surface area (TPSA) is 15.6 Å². The van der Waals surface area contributed by atoms with Crippen LogP contribution in [0.3, 0.4) is 0 Å². The quantitative estimate of drug-likeness (QED) is 0.533. The average molecular weight is 288 g/mol. The predicted octanol–water partition coefficient (Wildman–Crippen LogP) is 3.43. The van der Waals surface area contributed by atoms with Gasteiger partial charge in [-0.25, -0.2) is 0 Å². The van der Waals surface area contributed by atoms with Crippen LogP contribution in [0.2, 0.25) is 0 Å². The van der Waals surface area contributed by atoms with Gasteiger partial charge in [0.1, 0.15) is 0 Å². The summed E-state index contributed by atoms with van der Waals surface area (Å²) in [7, 11) is 0. The summed E-state index contributed by atoms with van der Waals surface area (Å²) in [4.78, 5) is 6.31. The molecule has 1 aliphatic rings. The van der Waals surface area contributed by atoms with Crippen molar-refractivity contribution in [1.29, 1.82) is 0 Å². The van der Waals surface area contributed by atoms with Gasteiger partial charge in [0.15, 0.2) is 0 Å². The molecule has 1 heterocycles. The molecule has 0 aromatic rings. The summed E-state index contributed by atoms with van der Waals surface area (Å²) in [6, 6.07) is 0. The lowest BCUT2D eigenvalue weighted by molar-refractivity contribution is 0.639. The van der Waals surface area contributed by atoms with E-state index in [2.05, 4.69) is 52.9 Å². The maximum Gasteiger partial charge on any atom is 0.0771 e. The molecule has 0 unspecified atom stereocenters. The second-order valence-corrected chi connectivity index (χ2v) is 4.35. The molecule has 1 aliphatic heterocycles. The first-order valence-corrected chi connectivity index (χ1v) is 5.14. The largest absolute Gasteiger partial charge is 0.309 e. The van der Waals surface area contributed by atoms with Gasteiger partial charge in [-0.2, -0.15) is 0 Å². The molecule has 0 spiro atoms. The maximum atomic E-state index is 4.26. The van der Waals surface area contributed by atoms with Crippen LogP contribution in [-0.4, -0.2) is 10.6 Å². The number of rotatable bonds is 1. The molecule has 0 radical (unpaired) electrons. The lowest BCUT2D eigenvalue weighted by atomic mass is 10.1. The Hall–Kier alpha value is -0.580. The molecule has 1 rings (SSSR count). The highest BCUT2D eigenvalue weighted by atomic mass is 127. The standard InChI is InChI=1S/C10H13IN2/c1-7(2)10-8(3)12-5-6-13(10)9(4)11/h5-6H,4H2,1-3H3. The summed E-state index contributed by atoms with van der Waals surface area (Å²) >= 11 is 2.21. The molecular formula is C10H13IN2. The van der Waals surface area contributed by atoms with Crippen LogP contribution in [-0.2, 0) is 0 Å². The van der Waals surface area contributed by atoms with Crippen LogP contribution in [0.5, 0.6) is 0 Å². The van der Waals surface area contributed by atoms with Gasteiger partial charge in [-0.3, -0.25) is 4.99 Å². The molecule has 0 aliphatic carbocycles. The molecule has 0 bridgehead atoms. The van der Waals surface area contributed by atoms with E-state index in [0.717, 1.165) is 15.1 Å². The fraction of sp³-hybridized carbons (Fsp3) is 0.300. The summed E-state index contributed by atoms with van der Waals surface area (Å²) in [5.74, 6) is 0. The number of hydrogen-bond acceptors (Lipinski definition) is 2. The third-order valence-corrected chi connectivity index (χ3v) is 2.32. The number of hydrogen-bond donors (Lipinski definition) is 0. The van der Waals surface area contributed by atoms with Crippen LogP contribution in [0.4, 0.5) is 0 Å². The predicted molar refractivity (Wildman–Crippen MR) is 65.6 cm³/mol. The Morgan fingerprint density at radius 2 is 2.15 bits per heavy atom. The number of halogens is 1. The summed E-state index contributed by atoms with van der Waals surface area (Å²) in [6.45, 7) is 10.1. The molecule has 0 amide bonds. The minimum absolute atomic E-state index is 0.985. The molecule has 0 fully saturated rings. The van der Waals surface area contributed by atoms with Gasteiger partial charge in [0.05, 0.1) is 15.1 Å². The van der Waals surface area contributed by atoms with Crippen molar-refractivity contribution in [3.05, 3.63) is 34.0 Å². The van der Waals surface area contributed by atoms with E-state index in [0.29, 0.717) is 0 Å². The van der Waals surface area contributed by atoms with Crippen molar-refractivity contribution in [3.8, 4) is 0 Å². The minimum atomic E-state index is 0.985. The fourth-order valence-electron chi connectivity index (χ4n) is 1.33. The molecule has 0 saturated heterocycles. The van der Waals surface area contributed by atoms with Gasteiger partial charge in [0.25, 0.3) is 0 Å². The summed E-state index contributed by atoms with van der Waals surface area (Å²) in [5, 5.41) is 0. The zero-order valence-electron chi connectivity index (χ0n) is 8.13. The molecule has 70 valence electrons. The Bertz CT molecular complexity index is 320. The monoisotopic (exact) mass is 288 g/mol. The van der Waals surface area contributed by atoms with Crippen LogP contribution in [0.25, 0.3) is 0 Å². The molecule has 0 saturated carbocycles. The number of allylic oxidation sites excluding steroid dienone is 2. The van der Waals surface area contributed by atoms with Crippen molar-refractivity contribution in [2.45, 2.75) is 20.8 Å². The third-order valence-electron chi connectivity index (χ3n) is 1.80. The van der Waals surface area contributed by atoms with E-state index in [-0.39, 0.29) is 0 Å². The number of nitrogens with zero attached hydrogens (tertiary/aromatic N) is 2. The van der Waals surface area contributed by atoms with Gasteiger partial charge in [-0.05, 0) is 43.4 Å². The zero-order chi connectivity index (χ0) is 10.0. The summed E-state index contributed by atoms with van der Waals surface area (Å²) < 4.78 is 0.985. The average Bonchev–Trinajstić information content (AvgIpc) is 2.02. The third kappa shape index (κ3) is 2.21. The Morgan fingerprint density at radius 3 is 2.54 bits per heavy atom. The molecular weight excluding hydrogens is 275 g/mol. The molecule has 0 N–H and O–H groups in total. The molecule has 0 aromatic heterocycles. The molecule has 0 aromatic carbocycles. The second kappa shape index (κ2) is 4.09. The van der Waals surface area contributed by atoms with E-state index in [4.69, 9.17) is 0 Å². The first kappa shape index (κ1) is 10.5. The van der Waals surface area contributed by atoms with Crippen molar-refractivity contribution >= 4 is 28.3 Å². The summed E-state index contributed by atoms with van der Waals surface area (Å²) in [6.07, 6.45) is 3.73. The van der Waals surface area contributed by atoms with Gasteiger partial charge in [0, 0.05) is 12.4 Å². The van der Waals surface area contributed by atoms with E-state index in [1.807, 2.05) is 13.1 Å². The Morgan fingerprint density at radius 1 is 1.54 bits per heavy atom. The van der Waals surface area contributed by atoms with Crippen LogP contribution >= 0.6 is 22.6 Å². The van der Waals surface area contributed by atoms with Crippen LogP contribution in [0.15, 0.2) is 38.9 Å². The molecule has 2 nitrogen and oxygen atoms in total. The van der Waals surface area contributed by atoms with E-state index in [1.54, 1.807) is 6.20 Å². The number of aliphatic imine (C=N–C) groups is 1. The van der Waals surface area contributed by atoms with Gasteiger partial charge in [0.2, 0.25) is 0 Å². The van der Waals surface area contributed by atoms with Gasteiger partial charge in [-0.1, -0.05) is 12.2 Å². The maximum absolute atomic E-state index is 4.26.